The lowest BCUT2D eigenvalue weighted by molar-refractivity contribution is -0.120. The van der Waals surface area contributed by atoms with Crippen molar-refractivity contribution in [1.82, 2.24) is 5.32 Å². The average molecular weight is 414 g/mol. The van der Waals surface area contributed by atoms with Crippen molar-refractivity contribution in [2.45, 2.75) is 36.1 Å². The van der Waals surface area contributed by atoms with Gasteiger partial charge in [-0.15, -0.1) is 0 Å². The molecule has 7 nitrogen and oxygen atoms in total. The van der Waals surface area contributed by atoms with E-state index in [1.807, 2.05) is 13.8 Å². The fourth-order valence-corrected chi connectivity index (χ4v) is 4.38. The van der Waals surface area contributed by atoms with Crippen LogP contribution >= 0.6 is 0 Å². The summed E-state index contributed by atoms with van der Waals surface area (Å²) in [6.45, 7) is 3.89. The van der Waals surface area contributed by atoms with Gasteiger partial charge in [0.1, 0.15) is 11.3 Å². The molecule has 0 saturated heterocycles. The van der Waals surface area contributed by atoms with Crippen molar-refractivity contribution in [1.29, 1.82) is 0 Å². The second-order valence-electron chi connectivity index (χ2n) is 7.21. The number of carbonyl (C=O) groups is 2. The number of hydrogen-bond donors (Lipinski definition) is 3. The monoisotopic (exact) mass is 414 g/mol. The Balaban J connectivity index is 1.77. The van der Waals surface area contributed by atoms with Crippen LogP contribution in [0.3, 0.4) is 0 Å². The van der Waals surface area contributed by atoms with E-state index in [1.54, 1.807) is 18.2 Å². The van der Waals surface area contributed by atoms with Crippen molar-refractivity contribution >= 4 is 27.3 Å². The third-order valence-corrected chi connectivity index (χ3v) is 6.31. The van der Waals surface area contributed by atoms with Gasteiger partial charge >= 0.3 is 0 Å². The minimum atomic E-state index is -3.66. The fraction of sp³-hybridized carbons (Fsp3) is 0.238. The van der Waals surface area contributed by atoms with Gasteiger partial charge in [-0.1, -0.05) is 32.0 Å². The molecule has 1 aliphatic rings. The first-order valence-corrected chi connectivity index (χ1v) is 10.6. The predicted molar refractivity (Wildman–Crippen MR) is 108 cm³/mol. The van der Waals surface area contributed by atoms with E-state index in [1.165, 1.54) is 36.4 Å². The Kier molecular flexibility index (Phi) is 5.74. The number of nitrogens with one attached hydrogen (secondary N) is 2. The van der Waals surface area contributed by atoms with Crippen LogP contribution in [0.25, 0.3) is 0 Å². The van der Waals surface area contributed by atoms with E-state index >= 15 is 0 Å². The smallest absolute Gasteiger partial charge is 0.264 e. The van der Waals surface area contributed by atoms with Crippen LogP contribution in [0.4, 0.5) is 5.69 Å². The molecule has 0 aliphatic carbocycles. The molecule has 1 heterocycles. The minimum Gasteiger partial charge on any atom is -0.509 e. The highest BCUT2D eigenvalue weighted by atomic mass is 32.2. The van der Waals surface area contributed by atoms with Gasteiger partial charge in [0.2, 0.25) is 9.84 Å². The second-order valence-corrected chi connectivity index (χ2v) is 9.16. The zero-order valence-electron chi connectivity index (χ0n) is 16.0. The molecular formula is C21H22N2O5S. The lowest BCUT2D eigenvalue weighted by Gasteiger charge is -2.13. The van der Waals surface area contributed by atoms with E-state index in [-0.39, 0.29) is 27.0 Å². The Labute approximate surface area is 169 Å². The summed E-state index contributed by atoms with van der Waals surface area (Å²) in [5.41, 5.74) is -0.0148. The molecule has 1 atom stereocenters. The summed E-state index contributed by atoms with van der Waals surface area (Å²) in [5, 5.41) is 15.4. The lowest BCUT2D eigenvalue weighted by Crippen LogP contribution is -2.31. The summed E-state index contributed by atoms with van der Waals surface area (Å²) in [6.07, 6.45) is 0.514. The van der Waals surface area contributed by atoms with Crippen LogP contribution in [-0.2, 0) is 19.4 Å². The van der Waals surface area contributed by atoms with Gasteiger partial charge in [0, 0.05) is 5.69 Å². The number of amides is 2. The van der Waals surface area contributed by atoms with Crippen LogP contribution in [0.1, 0.15) is 20.3 Å². The molecule has 29 heavy (non-hydrogen) atoms. The second kappa shape index (κ2) is 8.08. The van der Waals surface area contributed by atoms with Gasteiger partial charge in [0.25, 0.3) is 11.8 Å². The summed E-state index contributed by atoms with van der Waals surface area (Å²) >= 11 is 0. The largest absolute Gasteiger partial charge is 0.509 e. The number of aliphatic hydroxyl groups is 1. The molecule has 1 aliphatic heterocycles. The topological polar surface area (TPSA) is 113 Å². The van der Waals surface area contributed by atoms with E-state index in [9.17, 15) is 23.1 Å². The van der Waals surface area contributed by atoms with Crippen LogP contribution in [0.15, 0.2) is 75.7 Å². The molecule has 2 amide bonds. The van der Waals surface area contributed by atoms with E-state index in [0.717, 1.165) is 0 Å². The molecule has 152 valence electrons. The number of aliphatic hydroxyl groups excluding tert-OH is 1. The normalized spacial score (nSPS) is 16.8. The molecule has 0 spiro atoms. The predicted octanol–water partition coefficient (Wildman–Crippen LogP) is 2.81. The summed E-state index contributed by atoms with van der Waals surface area (Å²) < 4.78 is 25.2. The van der Waals surface area contributed by atoms with Crippen molar-refractivity contribution in [3.05, 3.63) is 65.9 Å². The maximum Gasteiger partial charge on any atom is 0.264 e. The molecule has 0 saturated carbocycles. The van der Waals surface area contributed by atoms with Crippen LogP contribution in [0.5, 0.6) is 0 Å². The fourth-order valence-electron chi connectivity index (χ4n) is 3.10. The van der Waals surface area contributed by atoms with Crippen molar-refractivity contribution in [3.8, 4) is 0 Å². The highest BCUT2D eigenvalue weighted by Gasteiger charge is 2.36. The first-order chi connectivity index (χ1) is 13.7. The molecule has 8 heteroatoms. The van der Waals surface area contributed by atoms with E-state index in [0.29, 0.717) is 12.1 Å². The number of hydrogen-bond acceptors (Lipinski definition) is 5. The number of anilines is 1. The van der Waals surface area contributed by atoms with Gasteiger partial charge in [0.15, 0.2) is 0 Å². The Morgan fingerprint density at radius 2 is 1.66 bits per heavy atom. The van der Waals surface area contributed by atoms with Crippen molar-refractivity contribution in [3.63, 3.8) is 0 Å². The number of rotatable bonds is 6. The van der Waals surface area contributed by atoms with Crippen molar-refractivity contribution in [2.24, 2.45) is 5.92 Å². The molecule has 0 radical (unpaired) electrons. The Hall–Kier alpha value is -3.13. The van der Waals surface area contributed by atoms with Gasteiger partial charge < -0.3 is 15.7 Å². The van der Waals surface area contributed by atoms with Crippen LogP contribution < -0.4 is 10.6 Å². The summed E-state index contributed by atoms with van der Waals surface area (Å²) in [6, 6.07) is 13.1. The van der Waals surface area contributed by atoms with Crippen molar-refractivity contribution < 1.29 is 23.1 Å². The van der Waals surface area contributed by atoms with Crippen molar-refractivity contribution in [2.75, 3.05) is 5.32 Å². The first kappa shape index (κ1) is 20.6. The highest BCUT2D eigenvalue weighted by Crippen LogP contribution is 2.24. The Morgan fingerprint density at radius 3 is 2.24 bits per heavy atom. The molecule has 3 rings (SSSR count). The maximum absolute atomic E-state index is 12.6. The lowest BCUT2D eigenvalue weighted by atomic mass is 10.0. The quantitative estimate of drug-likeness (QED) is 0.629. The molecule has 0 bridgehead atoms. The van der Waals surface area contributed by atoms with Gasteiger partial charge in [-0.2, -0.15) is 0 Å². The van der Waals surface area contributed by atoms with E-state index in [4.69, 9.17) is 0 Å². The third kappa shape index (κ3) is 4.32. The summed E-state index contributed by atoms with van der Waals surface area (Å²) in [5.74, 6) is -1.42. The maximum atomic E-state index is 12.6. The summed E-state index contributed by atoms with van der Waals surface area (Å²) in [7, 11) is -3.66. The molecule has 1 unspecified atom stereocenters. The van der Waals surface area contributed by atoms with Crippen LogP contribution in [-0.4, -0.2) is 31.4 Å². The van der Waals surface area contributed by atoms with Gasteiger partial charge in [-0.3, -0.25) is 9.59 Å². The van der Waals surface area contributed by atoms with Crippen LogP contribution in [0.2, 0.25) is 0 Å². The zero-order valence-corrected chi connectivity index (χ0v) is 16.9. The van der Waals surface area contributed by atoms with Gasteiger partial charge in [0.05, 0.1) is 15.8 Å². The first-order valence-electron chi connectivity index (χ1n) is 9.15. The summed E-state index contributed by atoms with van der Waals surface area (Å²) in [4.78, 5) is 24.8. The molecule has 0 fully saturated rings. The molecule has 3 N–H and O–H groups in total. The Morgan fingerprint density at radius 1 is 1.07 bits per heavy atom. The molecule has 2 aromatic carbocycles. The highest BCUT2D eigenvalue weighted by molar-refractivity contribution is 7.91. The molecule has 0 aromatic heterocycles. The Bertz CT molecular complexity index is 1060. The average Bonchev–Trinajstić information content (AvgIpc) is 2.95. The third-order valence-electron chi connectivity index (χ3n) is 4.53. The number of sulfone groups is 1. The standard InChI is InChI=1S/C21H22N2O5S/c1-13(2)12-17-19(24)18(21(26)23-17)20(25)22-14-8-10-16(11-9-14)29(27,28)15-6-4-3-5-7-15/h3-11,13,17,24H,12H2,1-2H3,(H,22,25)(H,23,26). The number of benzene rings is 2. The SMILES string of the molecule is CC(C)CC1NC(=O)C(C(=O)Nc2ccc(S(=O)(=O)c3ccccc3)cc2)=C1O. The van der Waals surface area contributed by atoms with Gasteiger partial charge in [-0.25, -0.2) is 8.42 Å². The minimum absolute atomic E-state index is 0.0827. The zero-order chi connectivity index (χ0) is 21.2. The van der Waals surface area contributed by atoms with Crippen LogP contribution in [0, 0.1) is 5.92 Å². The molecular weight excluding hydrogens is 392 g/mol. The van der Waals surface area contributed by atoms with E-state index in [2.05, 4.69) is 10.6 Å². The number of carbonyl (C=O) groups excluding carboxylic acids is 2. The molecule has 2 aromatic rings. The van der Waals surface area contributed by atoms with E-state index < -0.39 is 27.7 Å². The van der Waals surface area contributed by atoms with Gasteiger partial charge in [-0.05, 0) is 48.7 Å².